The van der Waals surface area contributed by atoms with Gasteiger partial charge in [0.25, 0.3) is 0 Å². The van der Waals surface area contributed by atoms with Crippen LogP contribution in [0.15, 0.2) is 11.6 Å². The van der Waals surface area contributed by atoms with E-state index in [1.807, 2.05) is 0 Å². The number of fused-ring (bicyclic) bond motifs is 2. The van der Waals surface area contributed by atoms with Gasteiger partial charge in [0.1, 0.15) is 0 Å². The molecule has 2 nitrogen and oxygen atoms in total. The van der Waals surface area contributed by atoms with E-state index in [0.29, 0.717) is 12.3 Å². The zero-order chi connectivity index (χ0) is 9.69. The summed E-state index contributed by atoms with van der Waals surface area (Å²) >= 11 is 0. The first-order chi connectivity index (χ1) is 5.99. The Bertz CT molecular complexity index is 255. The molecule has 0 aromatic rings. The van der Waals surface area contributed by atoms with Gasteiger partial charge < -0.3 is 10.2 Å². The van der Waals surface area contributed by atoms with Gasteiger partial charge in [0, 0.05) is 13.0 Å². The molecule has 1 saturated carbocycles. The van der Waals surface area contributed by atoms with Crippen molar-refractivity contribution in [3.8, 4) is 0 Å². The maximum atomic E-state index is 10.5. The predicted molar refractivity (Wildman–Crippen MR) is 51.2 cm³/mol. The Morgan fingerprint density at radius 1 is 1.54 bits per heavy atom. The van der Waals surface area contributed by atoms with Crippen molar-refractivity contribution in [2.24, 2.45) is 11.3 Å². The van der Waals surface area contributed by atoms with Crippen LogP contribution in [0.2, 0.25) is 0 Å². The summed E-state index contributed by atoms with van der Waals surface area (Å²) in [5.74, 6) is 0.684. The number of hydrogen-bond donors (Lipinski definition) is 2. The SMILES string of the molecule is CC1(C)CC2C=C(C2)C1(O)CCO. The highest BCUT2D eigenvalue weighted by molar-refractivity contribution is 5.34. The lowest BCUT2D eigenvalue weighted by atomic mass is 9.53. The summed E-state index contributed by atoms with van der Waals surface area (Å²) in [6.45, 7) is 4.27. The number of allylic oxidation sites excluding steroid dienone is 1. The lowest BCUT2D eigenvalue weighted by Gasteiger charge is -2.55. The van der Waals surface area contributed by atoms with Crippen LogP contribution in [0.4, 0.5) is 0 Å². The van der Waals surface area contributed by atoms with Crippen LogP contribution in [0.1, 0.15) is 33.1 Å². The number of hydrogen-bond acceptors (Lipinski definition) is 2. The Morgan fingerprint density at radius 3 is 2.62 bits per heavy atom. The van der Waals surface area contributed by atoms with Crippen molar-refractivity contribution in [2.75, 3.05) is 6.61 Å². The van der Waals surface area contributed by atoms with Crippen LogP contribution in [0.5, 0.6) is 0 Å². The average Bonchev–Trinajstić information content (AvgIpc) is 1.93. The minimum Gasteiger partial charge on any atom is -0.396 e. The largest absolute Gasteiger partial charge is 0.396 e. The summed E-state index contributed by atoms with van der Waals surface area (Å²) in [4.78, 5) is 0. The zero-order valence-corrected chi connectivity index (χ0v) is 8.38. The molecule has 0 aromatic carbocycles. The molecule has 0 heterocycles. The summed E-state index contributed by atoms with van der Waals surface area (Å²) < 4.78 is 0. The number of rotatable bonds is 2. The van der Waals surface area contributed by atoms with Crippen LogP contribution in [-0.2, 0) is 0 Å². The van der Waals surface area contributed by atoms with Crippen LogP contribution in [0, 0.1) is 11.3 Å². The summed E-state index contributed by atoms with van der Waals surface area (Å²) in [5, 5.41) is 19.4. The average molecular weight is 182 g/mol. The minimum atomic E-state index is -0.740. The smallest absolute Gasteiger partial charge is 0.0929 e. The van der Waals surface area contributed by atoms with Gasteiger partial charge in [-0.05, 0) is 29.7 Å². The molecule has 0 radical (unpaired) electrons. The van der Waals surface area contributed by atoms with E-state index in [4.69, 9.17) is 5.11 Å². The second-order valence-electron chi connectivity index (χ2n) is 5.08. The molecule has 0 amide bonds. The first-order valence-corrected chi connectivity index (χ1v) is 5.04. The van der Waals surface area contributed by atoms with E-state index >= 15 is 0 Å². The minimum absolute atomic E-state index is 0.0667. The van der Waals surface area contributed by atoms with Gasteiger partial charge >= 0.3 is 0 Å². The first kappa shape index (κ1) is 9.22. The van der Waals surface area contributed by atoms with Crippen molar-refractivity contribution in [3.63, 3.8) is 0 Å². The van der Waals surface area contributed by atoms with Crippen LogP contribution in [-0.4, -0.2) is 22.4 Å². The molecule has 13 heavy (non-hydrogen) atoms. The van der Waals surface area contributed by atoms with Crippen molar-refractivity contribution in [3.05, 3.63) is 11.6 Å². The zero-order valence-electron chi connectivity index (χ0n) is 8.38. The highest BCUT2D eigenvalue weighted by Gasteiger charge is 2.53. The van der Waals surface area contributed by atoms with Gasteiger partial charge in [0.2, 0.25) is 0 Å². The molecule has 3 aliphatic rings. The molecule has 3 aliphatic carbocycles. The van der Waals surface area contributed by atoms with Gasteiger partial charge in [0.15, 0.2) is 0 Å². The highest BCUT2D eigenvalue weighted by Crippen LogP contribution is 2.56. The van der Waals surface area contributed by atoms with Crippen LogP contribution < -0.4 is 0 Å². The molecule has 0 aromatic heterocycles. The van der Waals surface area contributed by atoms with E-state index in [-0.39, 0.29) is 12.0 Å². The van der Waals surface area contributed by atoms with Gasteiger partial charge in [-0.2, -0.15) is 0 Å². The van der Waals surface area contributed by atoms with Crippen LogP contribution in [0.25, 0.3) is 0 Å². The molecule has 0 aliphatic heterocycles. The van der Waals surface area contributed by atoms with Gasteiger partial charge in [0.05, 0.1) is 5.60 Å². The standard InChI is InChI=1S/C11H18O2/c1-10(2)7-8-5-9(6-8)11(10,13)3-4-12/h5,8,12-13H,3-4,6-7H2,1-2H3. The molecular weight excluding hydrogens is 164 g/mol. The van der Waals surface area contributed by atoms with E-state index in [1.165, 1.54) is 0 Å². The fraction of sp³-hybridized carbons (Fsp3) is 0.818. The predicted octanol–water partition coefficient (Wildman–Crippen LogP) is 1.48. The molecule has 0 spiro atoms. The Balaban J connectivity index is 2.30. The summed E-state index contributed by atoms with van der Waals surface area (Å²) in [6, 6.07) is 0. The lowest BCUT2D eigenvalue weighted by molar-refractivity contribution is -0.0892. The summed E-state index contributed by atoms with van der Waals surface area (Å²) in [7, 11) is 0. The molecule has 74 valence electrons. The quantitative estimate of drug-likeness (QED) is 0.635. The maximum absolute atomic E-state index is 10.5. The van der Waals surface area contributed by atoms with Crippen LogP contribution >= 0.6 is 0 Å². The fourth-order valence-electron chi connectivity index (χ4n) is 2.89. The van der Waals surface area contributed by atoms with Gasteiger partial charge in [-0.25, -0.2) is 0 Å². The maximum Gasteiger partial charge on any atom is 0.0929 e. The highest BCUT2D eigenvalue weighted by atomic mass is 16.3. The summed E-state index contributed by atoms with van der Waals surface area (Å²) in [6.07, 6.45) is 4.76. The van der Waals surface area contributed by atoms with E-state index < -0.39 is 5.60 Å². The molecular formula is C11H18O2. The van der Waals surface area contributed by atoms with Crippen molar-refractivity contribution in [2.45, 2.75) is 38.7 Å². The fourth-order valence-corrected chi connectivity index (χ4v) is 2.89. The Morgan fingerprint density at radius 2 is 2.15 bits per heavy atom. The summed E-state index contributed by atoms with van der Waals surface area (Å²) in [5.41, 5.74) is 0.349. The van der Waals surface area contributed by atoms with Gasteiger partial charge in [-0.3, -0.25) is 0 Å². The third-order valence-electron chi connectivity index (χ3n) is 3.82. The van der Waals surface area contributed by atoms with Crippen molar-refractivity contribution >= 4 is 0 Å². The monoisotopic (exact) mass is 182 g/mol. The first-order valence-electron chi connectivity index (χ1n) is 5.04. The van der Waals surface area contributed by atoms with Gasteiger partial charge in [-0.15, -0.1) is 0 Å². The second-order valence-corrected chi connectivity index (χ2v) is 5.08. The topological polar surface area (TPSA) is 40.5 Å². The van der Waals surface area contributed by atoms with Gasteiger partial charge in [-0.1, -0.05) is 19.9 Å². The number of aliphatic hydroxyl groups excluding tert-OH is 1. The molecule has 2 unspecified atom stereocenters. The molecule has 3 rings (SSSR count). The third-order valence-corrected chi connectivity index (χ3v) is 3.82. The Labute approximate surface area is 79.3 Å². The van der Waals surface area contributed by atoms with Crippen molar-refractivity contribution < 1.29 is 10.2 Å². The van der Waals surface area contributed by atoms with E-state index in [0.717, 1.165) is 18.4 Å². The molecule has 2 N–H and O–H groups in total. The molecule has 2 heteroatoms. The Hall–Kier alpha value is -0.340. The molecule has 0 saturated heterocycles. The van der Waals surface area contributed by atoms with E-state index in [9.17, 15) is 5.11 Å². The van der Waals surface area contributed by atoms with Crippen molar-refractivity contribution in [1.82, 2.24) is 0 Å². The second kappa shape index (κ2) is 2.58. The van der Waals surface area contributed by atoms with E-state index in [1.54, 1.807) is 0 Å². The molecule has 1 fully saturated rings. The van der Waals surface area contributed by atoms with E-state index in [2.05, 4.69) is 19.9 Å². The normalized spacial score (nSPS) is 40.9. The van der Waals surface area contributed by atoms with Crippen molar-refractivity contribution in [1.29, 1.82) is 0 Å². The van der Waals surface area contributed by atoms with Crippen LogP contribution in [0.3, 0.4) is 0 Å². The Kier molecular flexibility index (Phi) is 1.83. The lowest BCUT2D eigenvalue weighted by Crippen LogP contribution is -2.54. The molecule has 2 atom stereocenters. The third kappa shape index (κ3) is 1.09. The molecule has 2 bridgehead atoms. The number of aliphatic hydroxyl groups is 2.